The lowest BCUT2D eigenvalue weighted by molar-refractivity contribution is -0.121. The summed E-state index contributed by atoms with van der Waals surface area (Å²) in [6.45, 7) is 0.229. The minimum Gasteiger partial charge on any atom is -0.399 e. The van der Waals surface area contributed by atoms with Crippen molar-refractivity contribution in [2.24, 2.45) is 10.9 Å². The first-order valence-electron chi connectivity index (χ1n) is 7.80. The van der Waals surface area contributed by atoms with E-state index in [4.69, 9.17) is 10.6 Å². The zero-order valence-corrected chi connectivity index (χ0v) is 13.8. The lowest BCUT2D eigenvalue weighted by atomic mass is 10.0. The fourth-order valence-corrected chi connectivity index (χ4v) is 2.88. The molecule has 0 saturated carbocycles. The SMILES string of the molecule is CON=C1CC(C(N)=O)N(C(=O)c2ccc(-c3ccncc3)cc2)C1. The average molecular weight is 338 g/mol. The highest BCUT2D eigenvalue weighted by Crippen LogP contribution is 2.22. The Balaban J connectivity index is 1.82. The lowest BCUT2D eigenvalue weighted by Crippen LogP contribution is -2.43. The molecule has 2 heterocycles. The number of hydrogen-bond acceptors (Lipinski definition) is 5. The molecular formula is C18H18N4O3. The van der Waals surface area contributed by atoms with Crippen LogP contribution < -0.4 is 5.73 Å². The third-order valence-corrected chi connectivity index (χ3v) is 4.11. The molecule has 2 aromatic rings. The number of aromatic nitrogens is 1. The number of primary amides is 1. The molecule has 1 fully saturated rings. The van der Waals surface area contributed by atoms with E-state index in [9.17, 15) is 9.59 Å². The van der Waals surface area contributed by atoms with Gasteiger partial charge in [-0.3, -0.25) is 14.6 Å². The van der Waals surface area contributed by atoms with Gasteiger partial charge in [-0.05, 0) is 35.4 Å². The van der Waals surface area contributed by atoms with Crippen molar-refractivity contribution >= 4 is 17.5 Å². The van der Waals surface area contributed by atoms with E-state index < -0.39 is 11.9 Å². The molecule has 128 valence electrons. The summed E-state index contributed by atoms with van der Waals surface area (Å²) in [6.07, 6.45) is 3.73. The Morgan fingerprint density at radius 2 is 1.80 bits per heavy atom. The predicted molar refractivity (Wildman–Crippen MR) is 92.8 cm³/mol. The Hall–Kier alpha value is -3.22. The van der Waals surface area contributed by atoms with E-state index in [0.717, 1.165) is 11.1 Å². The van der Waals surface area contributed by atoms with E-state index in [0.29, 0.717) is 17.7 Å². The summed E-state index contributed by atoms with van der Waals surface area (Å²) in [5.74, 6) is -0.811. The highest BCUT2D eigenvalue weighted by atomic mass is 16.6. The number of rotatable bonds is 4. The molecule has 0 aliphatic carbocycles. The summed E-state index contributed by atoms with van der Waals surface area (Å²) in [6, 6.07) is 10.3. The monoisotopic (exact) mass is 338 g/mol. The second-order valence-corrected chi connectivity index (χ2v) is 5.71. The number of oxime groups is 1. The summed E-state index contributed by atoms with van der Waals surface area (Å²) < 4.78 is 0. The van der Waals surface area contributed by atoms with Gasteiger partial charge in [0, 0.05) is 24.4 Å². The maximum atomic E-state index is 12.8. The van der Waals surface area contributed by atoms with Crippen molar-refractivity contribution in [1.82, 2.24) is 9.88 Å². The van der Waals surface area contributed by atoms with Crippen molar-refractivity contribution in [3.63, 3.8) is 0 Å². The van der Waals surface area contributed by atoms with Gasteiger partial charge in [-0.2, -0.15) is 0 Å². The first-order valence-corrected chi connectivity index (χ1v) is 7.80. The van der Waals surface area contributed by atoms with Gasteiger partial charge in [0.2, 0.25) is 5.91 Å². The topological polar surface area (TPSA) is 97.9 Å². The van der Waals surface area contributed by atoms with Gasteiger partial charge in [-0.15, -0.1) is 0 Å². The van der Waals surface area contributed by atoms with Crippen LogP contribution in [0.5, 0.6) is 0 Å². The molecule has 1 aromatic carbocycles. The van der Waals surface area contributed by atoms with Crippen LogP contribution in [0.3, 0.4) is 0 Å². The van der Waals surface area contributed by atoms with Gasteiger partial charge in [0.1, 0.15) is 13.2 Å². The number of hydrogen-bond donors (Lipinski definition) is 1. The standard InChI is InChI=1S/C18H18N4O3/c1-25-21-15-10-16(17(19)23)22(11-15)18(24)14-4-2-12(3-5-14)13-6-8-20-9-7-13/h2-9,16H,10-11H2,1H3,(H2,19,23). The maximum Gasteiger partial charge on any atom is 0.254 e. The Bertz CT molecular complexity index is 803. The van der Waals surface area contributed by atoms with E-state index in [1.54, 1.807) is 24.5 Å². The molecule has 2 amide bonds. The Kier molecular flexibility index (Phi) is 4.74. The molecule has 1 aliphatic rings. The fourth-order valence-electron chi connectivity index (χ4n) is 2.88. The van der Waals surface area contributed by atoms with Gasteiger partial charge in [0.25, 0.3) is 5.91 Å². The van der Waals surface area contributed by atoms with Crippen LogP contribution in [0.4, 0.5) is 0 Å². The van der Waals surface area contributed by atoms with Crippen LogP contribution in [0.25, 0.3) is 11.1 Å². The molecule has 3 rings (SSSR count). The van der Waals surface area contributed by atoms with Crippen LogP contribution in [0.2, 0.25) is 0 Å². The summed E-state index contributed by atoms with van der Waals surface area (Å²) in [7, 11) is 1.43. The minimum absolute atomic E-state index is 0.229. The molecule has 7 nitrogen and oxygen atoms in total. The number of carbonyl (C=O) groups excluding carboxylic acids is 2. The number of nitrogens with zero attached hydrogens (tertiary/aromatic N) is 3. The van der Waals surface area contributed by atoms with Crippen molar-refractivity contribution in [2.45, 2.75) is 12.5 Å². The van der Waals surface area contributed by atoms with Gasteiger partial charge in [-0.1, -0.05) is 17.3 Å². The molecule has 1 saturated heterocycles. The molecule has 1 aliphatic heterocycles. The summed E-state index contributed by atoms with van der Waals surface area (Å²) >= 11 is 0. The van der Waals surface area contributed by atoms with E-state index in [2.05, 4.69) is 10.1 Å². The molecule has 2 N–H and O–H groups in total. The zero-order valence-electron chi connectivity index (χ0n) is 13.8. The molecule has 0 bridgehead atoms. The fraction of sp³-hybridized carbons (Fsp3) is 0.222. The zero-order chi connectivity index (χ0) is 17.8. The highest BCUT2D eigenvalue weighted by molar-refractivity contribution is 6.05. The Morgan fingerprint density at radius 3 is 2.40 bits per heavy atom. The van der Waals surface area contributed by atoms with Crippen molar-refractivity contribution in [3.8, 4) is 11.1 Å². The minimum atomic E-state index is -0.707. The van der Waals surface area contributed by atoms with Crippen molar-refractivity contribution < 1.29 is 14.4 Å². The second kappa shape index (κ2) is 7.12. The smallest absolute Gasteiger partial charge is 0.254 e. The second-order valence-electron chi connectivity index (χ2n) is 5.71. The van der Waals surface area contributed by atoms with Gasteiger partial charge in [-0.25, -0.2) is 0 Å². The molecule has 1 unspecified atom stereocenters. The van der Waals surface area contributed by atoms with Crippen LogP contribution in [0.15, 0.2) is 53.9 Å². The average Bonchev–Trinajstić information content (AvgIpc) is 3.07. The molecular weight excluding hydrogens is 320 g/mol. The van der Waals surface area contributed by atoms with Crippen LogP contribution >= 0.6 is 0 Å². The normalized spacial score (nSPS) is 18.4. The van der Waals surface area contributed by atoms with Crippen LogP contribution in [-0.4, -0.2) is 47.1 Å². The summed E-state index contributed by atoms with van der Waals surface area (Å²) in [4.78, 5) is 34.6. The summed E-state index contributed by atoms with van der Waals surface area (Å²) in [5.41, 5.74) is 8.53. The van der Waals surface area contributed by atoms with Crippen molar-refractivity contribution in [2.75, 3.05) is 13.7 Å². The summed E-state index contributed by atoms with van der Waals surface area (Å²) in [5, 5.41) is 3.85. The quantitative estimate of drug-likeness (QED) is 0.853. The number of nitrogens with two attached hydrogens (primary N) is 1. The molecule has 7 heteroatoms. The predicted octanol–water partition coefficient (Wildman–Crippen LogP) is 1.45. The van der Waals surface area contributed by atoms with Crippen molar-refractivity contribution in [3.05, 3.63) is 54.4 Å². The molecule has 1 atom stereocenters. The first kappa shape index (κ1) is 16.6. The number of carbonyl (C=O) groups is 2. The van der Waals surface area contributed by atoms with Crippen LogP contribution in [0.1, 0.15) is 16.8 Å². The Morgan fingerprint density at radius 1 is 1.16 bits per heavy atom. The maximum absolute atomic E-state index is 12.8. The molecule has 0 radical (unpaired) electrons. The van der Waals surface area contributed by atoms with Crippen LogP contribution in [0, 0.1) is 0 Å². The van der Waals surface area contributed by atoms with Crippen LogP contribution in [-0.2, 0) is 9.63 Å². The van der Waals surface area contributed by atoms with Gasteiger partial charge < -0.3 is 15.5 Å². The van der Waals surface area contributed by atoms with E-state index in [-0.39, 0.29) is 12.5 Å². The highest BCUT2D eigenvalue weighted by Gasteiger charge is 2.37. The third-order valence-electron chi connectivity index (χ3n) is 4.11. The lowest BCUT2D eigenvalue weighted by Gasteiger charge is -2.21. The van der Waals surface area contributed by atoms with E-state index in [1.165, 1.54) is 12.0 Å². The van der Waals surface area contributed by atoms with E-state index in [1.807, 2.05) is 24.3 Å². The van der Waals surface area contributed by atoms with Gasteiger partial charge in [0.05, 0.1) is 12.3 Å². The number of amides is 2. The largest absolute Gasteiger partial charge is 0.399 e. The van der Waals surface area contributed by atoms with Crippen molar-refractivity contribution in [1.29, 1.82) is 0 Å². The number of likely N-dealkylation sites (tertiary alicyclic amines) is 1. The third kappa shape index (κ3) is 3.50. The van der Waals surface area contributed by atoms with Gasteiger partial charge >= 0.3 is 0 Å². The first-order chi connectivity index (χ1) is 12.1. The van der Waals surface area contributed by atoms with Gasteiger partial charge in [0.15, 0.2) is 0 Å². The van der Waals surface area contributed by atoms with E-state index >= 15 is 0 Å². The molecule has 25 heavy (non-hydrogen) atoms. The Labute approximate surface area is 145 Å². The molecule has 0 spiro atoms. The number of benzene rings is 1. The number of pyridine rings is 1. The molecule has 1 aromatic heterocycles.